The van der Waals surface area contributed by atoms with Gasteiger partial charge in [-0.3, -0.25) is 0 Å². The van der Waals surface area contributed by atoms with Crippen LogP contribution < -0.4 is 39.4 Å². The van der Waals surface area contributed by atoms with E-state index in [0.29, 0.717) is 0 Å². The number of hydrogen-bond donors (Lipinski definition) is 2. The SMILES string of the molecule is COc1ccc(-c2c(-c3ccccc3)sc(C(C)C)c2/C=C/[C@@H](O)C[C@@H](O)CC(=O)[O-])cc1.[Na+]. The quantitative estimate of drug-likeness (QED) is 0.422. The predicted octanol–water partition coefficient (Wildman–Crippen LogP) is 1.48. The summed E-state index contributed by atoms with van der Waals surface area (Å²) in [5, 5.41) is 30.9. The molecule has 34 heavy (non-hydrogen) atoms. The predicted molar refractivity (Wildman–Crippen MR) is 131 cm³/mol. The third-order valence-electron chi connectivity index (χ3n) is 5.31. The minimum absolute atomic E-state index is 0. The van der Waals surface area contributed by atoms with Crippen LogP contribution in [0.5, 0.6) is 5.75 Å². The fourth-order valence-electron chi connectivity index (χ4n) is 3.73. The zero-order chi connectivity index (χ0) is 24.0. The maximum Gasteiger partial charge on any atom is 1.00 e. The molecule has 0 spiro atoms. The Hall–Kier alpha value is -1.93. The van der Waals surface area contributed by atoms with E-state index in [0.717, 1.165) is 32.9 Å². The summed E-state index contributed by atoms with van der Waals surface area (Å²) in [5.41, 5.74) is 4.22. The van der Waals surface area contributed by atoms with Gasteiger partial charge in [-0.1, -0.05) is 68.5 Å². The number of hydrogen-bond acceptors (Lipinski definition) is 6. The van der Waals surface area contributed by atoms with Crippen molar-refractivity contribution in [3.63, 3.8) is 0 Å². The van der Waals surface area contributed by atoms with Gasteiger partial charge in [-0.25, -0.2) is 0 Å². The molecule has 1 aromatic heterocycles. The van der Waals surface area contributed by atoms with Gasteiger partial charge in [0.1, 0.15) is 5.75 Å². The first-order valence-corrected chi connectivity index (χ1v) is 11.7. The van der Waals surface area contributed by atoms with E-state index in [-0.39, 0.29) is 41.9 Å². The number of rotatable bonds is 10. The van der Waals surface area contributed by atoms with Gasteiger partial charge in [0.2, 0.25) is 0 Å². The third-order valence-corrected chi connectivity index (χ3v) is 6.87. The molecule has 0 saturated heterocycles. The van der Waals surface area contributed by atoms with Gasteiger partial charge in [0.15, 0.2) is 0 Å². The van der Waals surface area contributed by atoms with E-state index in [4.69, 9.17) is 4.74 Å². The molecule has 0 aliphatic heterocycles. The first-order chi connectivity index (χ1) is 15.8. The van der Waals surface area contributed by atoms with Crippen molar-refractivity contribution in [1.29, 1.82) is 0 Å². The van der Waals surface area contributed by atoms with E-state index in [9.17, 15) is 20.1 Å². The van der Waals surface area contributed by atoms with Crippen LogP contribution in [0, 0.1) is 0 Å². The van der Waals surface area contributed by atoms with Crippen LogP contribution in [-0.4, -0.2) is 35.5 Å². The number of carbonyl (C=O) groups is 1. The summed E-state index contributed by atoms with van der Waals surface area (Å²) < 4.78 is 5.32. The van der Waals surface area contributed by atoms with Crippen LogP contribution in [-0.2, 0) is 4.79 Å². The molecule has 0 unspecified atom stereocenters. The van der Waals surface area contributed by atoms with Gasteiger partial charge < -0.3 is 24.9 Å². The minimum Gasteiger partial charge on any atom is -0.550 e. The molecule has 0 aliphatic carbocycles. The summed E-state index contributed by atoms with van der Waals surface area (Å²) in [6.07, 6.45) is 0.777. The molecule has 174 valence electrons. The zero-order valence-electron chi connectivity index (χ0n) is 20.0. The van der Waals surface area contributed by atoms with Gasteiger partial charge in [-0.2, -0.15) is 0 Å². The van der Waals surface area contributed by atoms with Crippen molar-refractivity contribution < 1.29 is 54.4 Å². The van der Waals surface area contributed by atoms with Crippen molar-refractivity contribution in [1.82, 2.24) is 0 Å². The number of carboxylic acids is 1. The Balaban J connectivity index is 0.00000408. The van der Waals surface area contributed by atoms with Gasteiger partial charge in [0.05, 0.1) is 19.3 Å². The number of carboxylic acid groups (broad SMARTS) is 1. The summed E-state index contributed by atoms with van der Waals surface area (Å²) in [4.78, 5) is 13.0. The van der Waals surface area contributed by atoms with Crippen molar-refractivity contribution >= 4 is 23.4 Å². The molecule has 0 saturated carbocycles. The molecular weight excluding hydrogens is 459 g/mol. The molecular formula is C27H29NaO5S. The van der Waals surface area contributed by atoms with Crippen molar-refractivity contribution in [3.05, 3.63) is 71.1 Å². The summed E-state index contributed by atoms with van der Waals surface area (Å²) in [6, 6.07) is 18.1. The number of aliphatic carboxylic acids is 1. The summed E-state index contributed by atoms with van der Waals surface area (Å²) >= 11 is 1.73. The van der Waals surface area contributed by atoms with Crippen LogP contribution in [0.25, 0.3) is 27.6 Å². The van der Waals surface area contributed by atoms with E-state index >= 15 is 0 Å². The molecule has 2 aromatic carbocycles. The number of carbonyl (C=O) groups excluding carboxylic acids is 1. The van der Waals surface area contributed by atoms with Gasteiger partial charge in [0.25, 0.3) is 0 Å². The van der Waals surface area contributed by atoms with Crippen LogP contribution in [0.2, 0.25) is 0 Å². The second kappa shape index (κ2) is 13.2. The first-order valence-electron chi connectivity index (χ1n) is 10.9. The molecule has 5 nitrogen and oxygen atoms in total. The van der Waals surface area contributed by atoms with Crippen LogP contribution in [0.1, 0.15) is 43.0 Å². The summed E-state index contributed by atoms with van der Waals surface area (Å²) in [6.45, 7) is 4.27. The number of aliphatic hydroxyl groups excluding tert-OH is 2. The Morgan fingerprint density at radius 3 is 2.26 bits per heavy atom. The van der Waals surface area contributed by atoms with Crippen molar-refractivity contribution in [2.45, 2.75) is 44.8 Å². The average molecular weight is 489 g/mol. The second-order valence-corrected chi connectivity index (χ2v) is 9.28. The van der Waals surface area contributed by atoms with Gasteiger partial charge in [-0.05, 0) is 34.7 Å². The minimum atomic E-state index is -1.34. The molecule has 3 rings (SSSR count). The van der Waals surface area contributed by atoms with Crippen LogP contribution in [0.3, 0.4) is 0 Å². The molecule has 2 N–H and O–H groups in total. The zero-order valence-corrected chi connectivity index (χ0v) is 22.8. The number of methoxy groups -OCH3 is 1. The van der Waals surface area contributed by atoms with Crippen molar-refractivity contribution in [2.75, 3.05) is 7.11 Å². The summed E-state index contributed by atoms with van der Waals surface area (Å²) in [7, 11) is 1.64. The Bertz CT molecular complexity index is 1090. The second-order valence-electron chi connectivity index (χ2n) is 8.23. The number of aliphatic hydroxyl groups is 2. The van der Waals surface area contributed by atoms with E-state index < -0.39 is 24.6 Å². The number of ether oxygens (including phenoxy) is 1. The molecule has 3 aromatic rings. The van der Waals surface area contributed by atoms with Crippen LogP contribution in [0.4, 0.5) is 0 Å². The summed E-state index contributed by atoms with van der Waals surface area (Å²) in [5.74, 6) is -0.313. The van der Waals surface area contributed by atoms with Gasteiger partial charge >= 0.3 is 29.6 Å². The Labute approximate surface area is 227 Å². The topological polar surface area (TPSA) is 89.8 Å². The number of thiophene rings is 1. The number of benzene rings is 2. The normalized spacial score (nSPS) is 13.0. The third kappa shape index (κ3) is 7.28. The fraction of sp³-hybridized carbons (Fsp3) is 0.296. The van der Waals surface area contributed by atoms with E-state index in [1.165, 1.54) is 4.88 Å². The monoisotopic (exact) mass is 488 g/mol. The maximum atomic E-state index is 10.7. The van der Waals surface area contributed by atoms with E-state index in [1.54, 1.807) is 24.5 Å². The maximum absolute atomic E-state index is 10.7. The molecule has 0 radical (unpaired) electrons. The Morgan fingerprint density at radius 2 is 1.71 bits per heavy atom. The van der Waals surface area contributed by atoms with Crippen LogP contribution in [0.15, 0.2) is 60.7 Å². The van der Waals surface area contributed by atoms with E-state index in [2.05, 4.69) is 26.0 Å². The Kier molecular flexibility index (Phi) is 11.0. The van der Waals surface area contributed by atoms with Crippen molar-refractivity contribution in [3.8, 4) is 27.3 Å². The largest absolute Gasteiger partial charge is 1.00 e. The first kappa shape index (κ1) is 28.3. The average Bonchev–Trinajstić information content (AvgIpc) is 3.17. The Morgan fingerprint density at radius 1 is 1.06 bits per heavy atom. The van der Waals surface area contributed by atoms with E-state index in [1.807, 2.05) is 48.5 Å². The van der Waals surface area contributed by atoms with Crippen LogP contribution >= 0.6 is 11.3 Å². The smallest absolute Gasteiger partial charge is 0.550 e. The molecule has 0 aliphatic rings. The molecule has 2 atom stereocenters. The molecule has 0 bridgehead atoms. The standard InChI is InChI=1S/C27H30O5S.Na/c1-17(2)26-23(14-11-20(28)15-21(29)16-24(30)31)25(18-9-12-22(32-3)13-10-18)27(33-26)19-7-5-4-6-8-19;/h4-14,17,20-21,28-29H,15-16H2,1-3H3,(H,30,31);/q;+1/p-1/b14-11+;/t20-,21-;/m1./s1. The molecule has 0 amide bonds. The van der Waals surface area contributed by atoms with Crippen molar-refractivity contribution in [2.24, 2.45) is 0 Å². The molecule has 1 heterocycles. The molecule has 7 heteroatoms. The fourth-order valence-corrected chi connectivity index (χ4v) is 5.05. The van der Waals surface area contributed by atoms with Gasteiger partial charge in [-0.15, -0.1) is 11.3 Å². The van der Waals surface area contributed by atoms with Gasteiger partial charge in [0, 0.05) is 34.1 Å². The molecule has 0 fully saturated rings.